The van der Waals surface area contributed by atoms with Crippen molar-refractivity contribution in [3.05, 3.63) is 157 Å². The minimum atomic E-state index is 0.536. The number of fused-ring (bicyclic) bond motifs is 6. The van der Waals surface area contributed by atoms with Crippen molar-refractivity contribution in [1.82, 2.24) is 15.0 Å². The van der Waals surface area contributed by atoms with E-state index in [-0.39, 0.29) is 0 Å². The highest BCUT2D eigenvalue weighted by Gasteiger charge is 2.23. The van der Waals surface area contributed by atoms with Crippen LogP contribution in [0.25, 0.3) is 95.2 Å². The zero-order valence-electron chi connectivity index (χ0n) is 26.7. The second-order valence-electron chi connectivity index (χ2n) is 11.9. The van der Waals surface area contributed by atoms with Gasteiger partial charge in [-0.05, 0) is 53.9 Å². The lowest BCUT2D eigenvalue weighted by Crippen LogP contribution is -2.01. The van der Waals surface area contributed by atoms with Gasteiger partial charge in [-0.25, -0.2) is 15.0 Å². The van der Waals surface area contributed by atoms with Crippen LogP contribution >= 0.6 is 0 Å². The Morgan fingerprint density at radius 1 is 0.469 bits per heavy atom. The molecular weight excluding hydrogens is 603 g/mol. The van der Waals surface area contributed by atoms with E-state index in [1.54, 1.807) is 0 Å². The zero-order valence-corrected chi connectivity index (χ0v) is 26.7. The third-order valence-corrected chi connectivity index (χ3v) is 8.89. The molecule has 0 aliphatic carbocycles. The van der Waals surface area contributed by atoms with Crippen LogP contribution in [0, 0.1) is 0 Å². The van der Waals surface area contributed by atoms with E-state index in [0.717, 1.165) is 77.3 Å². The minimum absolute atomic E-state index is 0.536. The summed E-state index contributed by atoms with van der Waals surface area (Å²) in [5.74, 6) is 1.67. The Hall–Kier alpha value is -6.59. The largest absolute Gasteiger partial charge is 0.456 e. The van der Waals surface area contributed by atoms with E-state index >= 15 is 0 Å². The quantitative estimate of drug-likeness (QED) is 0.171. The maximum absolute atomic E-state index is 6.46. The Labute approximate surface area is 282 Å². The van der Waals surface area contributed by atoms with Crippen molar-refractivity contribution in [3.63, 3.8) is 0 Å². The fourth-order valence-corrected chi connectivity index (χ4v) is 6.59. The lowest BCUT2D eigenvalue weighted by Gasteiger charge is -2.14. The summed E-state index contributed by atoms with van der Waals surface area (Å²) >= 11 is 0. The smallest absolute Gasteiger partial charge is 0.167 e. The number of rotatable bonds is 6. The first kappa shape index (κ1) is 28.6. The molecule has 6 aromatic carbocycles. The molecular formula is C44H29N3O2. The molecule has 0 amide bonds. The van der Waals surface area contributed by atoms with Crippen LogP contribution in [0.15, 0.2) is 161 Å². The van der Waals surface area contributed by atoms with Crippen LogP contribution in [0.3, 0.4) is 0 Å². The number of hydrogen-bond acceptors (Lipinski definition) is 5. The van der Waals surface area contributed by atoms with Gasteiger partial charge in [-0.15, -0.1) is 0 Å². The molecule has 3 heterocycles. The standard InChI is InChI=1S/C44H29N3O2/c1-2-3-5-13-28-22-24-29(25-23-28)31-26-27-38-39(34-17-9-11-21-37(34)48-38)40(31)44-46-42(30-14-6-4-7-15-30)45-43(47-44)35-19-12-18-33-32-16-8-10-20-36(32)49-41(33)35/h2-27H,1H3/b3-2-,13-5-. The molecule has 0 bridgehead atoms. The first-order chi connectivity index (χ1) is 24.2. The maximum Gasteiger partial charge on any atom is 0.167 e. The molecule has 9 rings (SSSR count). The highest BCUT2D eigenvalue weighted by molar-refractivity contribution is 6.15. The molecule has 0 unspecified atom stereocenters. The van der Waals surface area contributed by atoms with E-state index in [1.165, 1.54) is 0 Å². The van der Waals surface area contributed by atoms with Gasteiger partial charge in [0, 0.05) is 32.7 Å². The van der Waals surface area contributed by atoms with Gasteiger partial charge in [-0.1, -0.05) is 127 Å². The Morgan fingerprint density at radius 2 is 1.16 bits per heavy atom. The maximum atomic E-state index is 6.46. The van der Waals surface area contributed by atoms with E-state index in [1.807, 2.05) is 110 Å². The third-order valence-electron chi connectivity index (χ3n) is 8.89. The average molecular weight is 632 g/mol. The highest BCUT2D eigenvalue weighted by Crippen LogP contribution is 2.43. The Bertz CT molecular complexity index is 2720. The molecule has 0 atom stereocenters. The molecule has 0 saturated heterocycles. The number of para-hydroxylation sites is 3. The molecule has 0 fully saturated rings. The molecule has 3 aromatic heterocycles. The molecule has 0 aliphatic heterocycles. The van der Waals surface area contributed by atoms with Crippen LogP contribution < -0.4 is 0 Å². The molecule has 0 radical (unpaired) electrons. The van der Waals surface area contributed by atoms with Crippen molar-refractivity contribution in [2.45, 2.75) is 6.92 Å². The summed E-state index contributed by atoms with van der Waals surface area (Å²) in [5, 5.41) is 4.03. The summed E-state index contributed by atoms with van der Waals surface area (Å²) < 4.78 is 12.9. The first-order valence-electron chi connectivity index (χ1n) is 16.3. The van der Waals surface area contributed by atoms with Crippen LogP contribution in [-0.2, 0) is 0 Å². The third kappa shape index (κ3) is 5.00. The van der Waals surface area contributed by atoms with Gasteiger partial charge in [0.15, 0.2) is 17.5 Å². The number of benzene rings is 6. The van der Waals surface area contributed by atoms with Crippen LogP contribution in [0.1, 0.15) is 12.5 Å². The Kier molecular flexibility index (Phi) is 6.95. The second kappa shape index (κ2) is 11.9. The lowest BCUT2D eigenvalue weighted by molar-refractivity contribution is 0.668. The number of nitrogens with zero attached hydrogens (tertiary/aromatic N) is 3. The van der Waals surface area contributed by atoms with Crippen molar-refractivity contribution in [3.8, 4) is 45.3 Å². The van der Waals surface area contributed by atoms with E-state index in [4.69, 9.17) is 23.8 Å². The number of hydrogen-bond donors (Lipinski definition) is 0. The van der Waals surface area contributed by atoms with Gasteiger partial charge in [0.2, 0.25) is 0 Å². The fraction of sp³-hybridized carbons (Fsp3) is 0.0227. The van der Waals surface area contributed by atoms with Crippen LogP contribution in [0.2, 0.25) is 0 Å². The van der Waals surface area contributed by atoms with E-state index in [9.17, 15) is 0 Å². The van der Waals surface area contributed by atoms with Crippen molar-refractivity contribution in [2.75, 3.05) is 0 Å². The van der Waals surface area contributed by atoms with Crippen molar-refractivity contribution in [1.29, 1.82) is 0 Å². The van der Waals surface area contributed by atoms with Gasteiger partial charge in [-0.3, -0.25) is 0 Å². The normalized spacial score (nSPS) is 12.0. The SMILES string of the molecule is C/C=C\C=C/c1ccc(-c2ccc3oc4ccccc4c3c2-c2nc(-c3ccccc3)nc(-c3cccc4c3oc3ccccc34)n2)cc1. The average Bonchev–Trinajstić information content (AvgIpc) is 3.74. The number of allylic oxidation sites excluding steroid dienone is 3. The van der Waals surface area contributed by atoms with Crippen LogP contribution in [-0.4, -0.2) is 15.0 Å². The Morgan fingerprint density at radius 3 is 1.98 bits per heavy atom. The lowest BCUT2D eigenvalue weighted by atomic mass is 9.94. The summed E-state index contributed by atoms with van der Waals surface area (Å²) in [7, 11) is 0. The topological polar surface area (TPSA) is 65.0 Å². The predicted molar refractivity (Wildman–Crippen MR) is 200 cm³/mol. The van der Waals surface area contributed by atoms with E-state index in [0.29, 0.717) is 17.5 Å². The molecule has 0 aliphatic rings. The molecule has 232 valence electrons. The molecule has 49 heavy (non-hydrogen) atoms. The Balaban J connectivity index is 1.34. The summed E-state index contributed by atoms with van der Waals surface area (Å²) in [5.41, 5.74) is 8.90. The van der Waals surface area contributed by atoms with Gasteiger partial charge in [-0.2, -0.15) is 0 Å². The van der Waals surface area contributed by atoms with Crippen molar-refractivity contribution < 1.29 is 8.83 Å². The van der Waals surface area contributed by atoms with E-state index < -0.39 is 0 Å². The molecule has 9 aromatic rings. The molecule has 0 saturated carbocycles. The molecule has 0 N–H and O–H groups in total. The van der Waals surface area contributed by atoms with Gasteiger partial charge in [0.05, 0.1) is 5.56 Å². The first-order valence-corrected chi connectivity index (χ1v) is 16.3. The summed E-state index contributed by atoms with van der Waals surface area (Å²) in [6.07, 6.45) is 8.19. The van der Waals surface area contributed by atoms with Crippen molar-refractivity contribution >= 4 is 50.0 Å². The zero-order chi connectivity index (χ0) is 32.7. The van der Waals surface area contributed by atoms with Crippen LogP contribution in [0.5, 0.6) is 0 Å². The molecule has 5 nitrogen and oxygen atoms in total. The van der Waals surface area contributed by atoms with Crippen molar-refractivity contribution in [2.24, 2.45) is 0 Å². The van der Waals surface area contributed by atoms with Gasteiger partial charge in [0.1, 0.15) is 22.3 Å². The highest BCUT2D eigenvalue weighted by atomic mass is 16.3. The van der Waals surface area contributed by atoms with Gasteiger partial charge < -0.3 is 8.83 Å². The van der Waals surface area contributed by atoms with E-state index in [2.05, 4.69) is 54.6 Å². The van der Waals surface area contributed by atoms with Crippen LogP contribution in [0.4, 0.5) is 0 Å². The number of aromatic nitrogens is 3. The minimum Gasteiger partial charge on any atom is -0.456 e. The monoisotopic (exact) mass is 631 g/mol. The summed E-state index contributed by atoms with van der Waals surface area (Å²) in [4.78, 5) is 15.5. The fourth-order valence-electron chi connectivity index (χ4n) is 6.59. The predicted octanol–water partition coefficient (Wildman–Crippen LogP) is 11.9. The summed E-state index contributed by atoms with van der Waals surface area (Å²) in [6, 6.07) is 45.1. The summed E-state index contributed by atoms with van der Waals surface area (Å²) in [6.45, 7) is 2.01. The second-order valence-corrected chi connectivity index (χ2v) is 11.9. The van der Waals surface area contributed by atoms with Gasteiger partial charge >= 0.3 is 0 Å². The molecule has 5 heteroatoms. The van der Waals surface area contributed by atoms with Gasteiger partial charge in [0.25, 0.3) is 0 Å². The molecule has 0 spiro atoms. The number of furan rings is 2.